The van der Waals surface area contributed by atoms with Gasteiger partial charge in [0.05, 0.1) is 51.0 Å². The molecule has 1 aliphatic rings. The Labute approximate surface area is 149 Å². The molecular weight excluding hydrogens is 330 g/mol. The number of amides is 2. The van der Waals surface area contributed by atoms with Crippen LogP contribution in [0.4, 0.5) is 5.69 Å². The largest absolute Gasteiger partial charge is 0.270 e. The Morgan fingerprint density at radius 2 is 1.73 bits per heavy atom. The number of nitriles is 1. The quantitative estimate of drug-likeness (QED) is 0.632. The molecule has 3 heterocycles. The van der Waals surface area contributed by atoms with Crippen LogP contribution in [-0.2, 0) is 7.05 Å². The van der Waals surface area contributed by atoms with Crippen molar-refractivity contribution in [3.8, 4) is 6.07 Å². The third-order valence-electron chi connectivity index (χ3n) is 4.82. The highest BCUT2D eigenvalue weighted by Gasteiger charge is 2.42. The minimum Gasteiger partial charge on any atom is -0.270 e. The van der Waals surface area contributed by atoms with Crippen LogP contribution >= 0.6 is 0 Å². The fraction of sp³-hybridized carbons (Fsp3) is 0.211. The first kappa shape index (κ1) is 16.0. The van der Waals surface area contributed by atoms with Crippen molar-refractivity contribution in [3.05, 3.63) is 52.0 Å². The van der Waals surface area contributed by atoms with Crippen LogP contribution in [0.25, 0.3) is 10.9 Å². The smallest absolute Gasteiger partial charge is 0.268 e. The lowest BCUT2D eigenvalue weighted by atomic mass is 10.0. The molecular formula is C19H15N5O2. The maximum atomic E-state index is 13.2. The van der Waals surface area contributed by atoms with E-state index in [1.54, 1.807) is 43.8 Å². The summed E-state index contributed by atoms with van der Waals surface area (Å²) < 4.78 is 1.64. The summed E-state index contributed by atoms with van der Waals surface area (Å²) in [6.45, 7) is 5.30. The maximum absolute atomic E-state index is 13.2. The molecule has 0 unspecified atom stereocenters. The van der Waals surface area contributed by atoms with E-state index >= 15 is 0 Å². The van der Waals surface area contributed by atoms with Crippen molar-refractivity contribution in [1.82, 2.24) is 14.8 Å². The Morgan fingerprint density at radius 1 is 1.04 bits per heavy atom. The van der Waals surface area contributed by atoms with Gasteiger partial charge in [0.2, 0.25) is 0 Å². The number of nitrogens with zero attached hydrogens (tertiary/aromatic N) is 5. The van der Waals surface area contributed by atoms with E-state index in [0.717, 1.165) is 5.69 Å². The highest BCUT2D eigenvalue weighted by molar-refractivity contribution is 6.38. The van der Waals surface area contributed by atoms with Crippen molar-refractivity contribution >= 4 is 28.4 Å². The molecule has 0 atom stereocenters. The van der Waals surface area contributed by atoms with E-state index in [0.29, 0.717) is 44.7 Å². The number of hydrogen-bond acceptors (Lipinski definition) is 5. The molecule has 0 fully saturated rings. The number of hydrogen-bond donors (Lipinski definition) is 0. The van der Waals surface area contributed by atoms with E-state index in [1.165, 1.54) is 4.90 Å². The van der Waals surface area contributed by atoms with E-state index in [1.807, 2.05) is 6.92 Å². The molecule has 4 rings (SSSR count). The molecule has 7 nitrogen and oxygen atoms in total. The van der Waals surface area contributed by atoms with Gasteiger partial charge in [0, 0.05) is 12.4 Å². The third kappa shape index (κ3) is 1.93. The Morgan fingerprint density at radius 3 is 2.35 bits per heavy atom. The zero-order chi connectivity index (χ0) is 18.7. The number of anilines is 1. The highest BCUT2D eigenvalue weighted by Crippen LogP contribution is 2.36. The van der Waals surface area contributed by atoms with Gasteiger partial charge in [-0.2, -0.15) is 10.4 Å². The molecule has 1 aromatic carbocycles. The minimum absolute atomic E-state index is 0.292. The van der Waals surface area contributed by atoms with Crippen LogP contribution in [0, 0.1) is 32.1 Å². The summed E-state index contributed by atoms with van der Waals surface area (Å²) in [4.78, 5) is 32.0. The second kappa shape index (κ2) is 5.23. The number of pyridine rings is 1. The van der Waals surface area contributed by atoms with Crippen molar-refractivity contribution in [3.63, 3.8) is 0 Å². The molecule has 26 heavy (non-hydrogen) atoms. The predicted molar refractivity (Wildman–Crippen MR) is 95.0 cm³/mol. The fourth-order valence-corrected chi connectivity index (χ4v) is 3.54. The molecule has 0 N–H and O–H groups in total. The molecule has 0 spiro atoms. The number of carbonyl (C=O) groups excluding carboxylic acids is 2. The van der Waals surface area contributed by atoms with Gasteiger partial charge in [-0.05, 0) is 39.0 Å². The lowest BCUT2D eigenvalue weighted by Crippen LogP contribution is -2.30. The Kier molecular flexibility index (Phi) is 3.21. The van der Waals surface area contributed by atoms with Crippen molar-refractivity contribution < 1.29 is 9.59 Å². The standard InChI is InChI=1S/C19H15N5O2/c1-9-15-16(13-7-12(8-20)5-6-14(13)21-9)19(26)24(18(15)25)17-10(2)22-23(4)11(17)3/h5-7H,1-4H3. The summed E-state index contributed by atoms with van der Waals surface area (Å²) in [7, 11) is 1.77. The second-order valence-corrected chi connectivity index (χ2v) is 6.38. The number of benzene rings is 1. The Balaban J connectivity index is 2.04. The number of carbonyl (C=O) groups is 2. The van der Waals surface area contributed by atoms with E-state index < -0.39 is 11.8 Å². The SMILES string of the molecule is Cc1nc2ccc(C#N)cc2c2c1C(=O)N(c1c(C)nn(C)c1C)C2=O. The second-order valence-electron chi connectivity index (χ2n) is 6.38. The third-order valence-corrected chi connectivity index (χ3v) is 4.82. The van der Waals surface area contributed by atoms with E-state index in [9.17, 15) is 14.9 Å². The maximum Gasteiger partial charge on any atom is 0.268 e. The average molecular weight is 345 g/mol. The average Bonchev–Trinajstić information content (AvgIpc) is 3.01. The lowest BCUT2D eigenvalue weighted by molar-refractivity contribution is 0.0926. The van der Waals surface area contributed by atoms with Gasteiger partial charge in [-0.15, -0.1) is 0 Å². The molecule has 0 bridgehead atoms. The van der Waals surface area contributed by atoms with Gasteiger partial charge in [-0.25, -0.2) is 4.90 Å². The van der Waals surface area contributed by atoms with Gasteiger partial charge in [0.1, 0.15) is 0 Å². The first-order valence-corrected chi connectivity index (χ1v) is 8.08. The van der Waals surface area contributed by atoms with Crippen LogP contribution in [0.5, 0.6) is 0 Å². The summed E-state index contributed by atoms with van der Waals surface area (Å²) in [6, 6.07) is 7.02. The summed E-state index contributed by atoms with van der Waals surface area (Å²) in [5.74, 6) is -0.812. The van der Waals surface area contributed by atoms with Gasteiger partial charge in [-0.1, -0.05) is 0 Å². The molecule has 2 amide bonds. The highest BCUT2D eigenvalue weighted by atomic mass is 16.2. The van der Waals surface area contributed by atoms with E-state index in [4.69, 9.17) is 0 Å². The van der Waals surface area contributed by atoms with Gasteiger partial charge in [-0.3, -0.25) is 19.3 Å². The van der Waals surface area contributed by atoms with Gasteiger partial charge >= 0.3 is 0 Å². The number of fused-ring (bicyclic) bond motifs is 3. The first-order valence-electron chi connectivity index (χ1n) is 8.08. The Bertz CT molecular complexity index is 1180. The number of aromatic nitrogens is 3. The number of aryl methyl sites for hydroxylation is 3. The summed E-state index contributed by atoms with van der Waals surface area (Å²) in [6.07, 6.45) is 0. The monoisotopic (exact) mass is 345 g/mol. The van der Waals surface area contributed by atoms with Crippen LogP contribution in [-0.4, -0.2) is 26.6 Å². The molecule has 0 aliphatic carbocycles. The molecule has 1 aliphatic heterocycles. The molecule has 7 heteroatoms. The summed E-state index contributed by atoms with van der Waals surface area (Å²) in [5.41, 5.74) is 3.93. The molecule has 3 aromatic rings. The van der Waals surface area contributed by atoms with E-state index in [-0.39, 0.29) is 0 Å². The van der Waals surface area contributed by atoms with Crippen molar-refractivity contribution in [1.29, 1.82) is 5.26 Å². The van der Waals surface area contributed by atoms with Crippen molar-refractivity contribution in [2.75, 3.05) is 4.90 Å². The fourth-order valence-electron chi connectivity index (χ4n) is 3.54. The van der Waals surface area contributed by atoms with Crippen molar-refractivity contribution in [2.24, 2.45) is 7.05 Å². The van der Waals surface area contributed by atoms with Crippen LogP contribution < -0.4 is 4.90 Å². The zero-order valence-electron chi connectivity index (χ0n) is 14.8. The van der Waals surface area contributed by atoms with Crippen molar-refractivity contribution in [2.45, 2.75) is 20.8 Å². The summed E-state index contributed by atoms with van der Waals surface area (Å²) in [5, 5.41) is 14.0. The van der Waals surface area contributed by atoms with Gasteiger partial charge in [0.25, 0.3) is 11.8 Å². The molecule has 0 saturated heterocycles. The number of rotatable bonds is 1. The summed E-state index contributed by atoms with van der Waals surface area (Å²) >= 11 is 0. The topological polar surface area (TPSA) is 91.9 Å². The first-order chi connectivity index (χ1) is 12.3. The molecule has 128 valence electrons. The van der Waals surface area contributed by atoms with E-state index in [2.05, 4.69) is 16.2 Å². The predicted octanol–water partition coefficient (Wildman–Crippen LogP) is 2.57. The van der Waals surface area contributed by atoms with Crippen LogP contribution in [0.1, 0.15) is 43.4 Å². The van der Waals surface area contributed by atoms with Gasteiger partial charge in [0.15, 0.2) is 0 Å². The normalized spacial score (nSPS) is 13.4. The van der Waals surface area contributed by atoms with Crippen LogP contribution in [0.15, 0.2) is 18.2 Å². The van der Waals surface area contributed by atoms with Crippen LogP contribution in [0.3, 0.4) is 0 Å². The Hall–Kier alpha value is -3.53. The van der Waals surface area contributed by atoms with Gasteiger partial charge < -0.3 is 0 Å². The van der Waals surface area contributed by atoms with Crippen LogP contribution in [0.2, 0.25) is 0 Å². The minimum atomic E-state index is -0.408. The number of imide groups is 1. The molecule has 0 saturated carbocycles. The molecule has 0 radical (unpaired) electrons. The zero-order valence-corrected chi connectivity index (χ0v) is 14.8. The molecule has 2 aromatic heterocycles. The lowest BCUT2D eigenvalue weighted by Gasteiger charge is -2.14.